The molecule has 7 heteroatoms. The van der Waals surface area contributed by atoms with E-state index in [1.807, 2.05) is 0 Å². The summed E-state index contributed by atoms with van der Waals surface area (Å²) in [6, 6.07) is 0.173. The number of aromatic nitrogens is 3. The molecule has 1 aromatic heterocycles. The molecule has 7 nitrogen and oxygen atoms in total. The fourth-order valence-corrected chi connectivity index (χ4v) is 3.05. The van der Waals surface area contributed by atoms with E-state index in [1.165, 1.54) is 17.3 Å². The number of rotatable bonds is 1. The van der Waals surface area contributed by atoms with Crippen LogP contribution in [0.4, 0.5) is 4.79 Å². The fourth-order valence-electron chi connectivity index (χ4n) is 3.05. The van der Waals surface area contributed by atoms with Gasteiger partial charge in [-0.25, -0.2) is 9.78 Å². The molecule has 3 rings (SSSR count). The second-order valence-electron chi connectivity index (χ2n) is 5.67. The zero-order valence-electron chi connectivity index (χ0n) is 11.2. The maximum atomic E-state index is 12.3. The van der Waals surface area contributed by atoms with Crippen molar-refractivity contribution in [1.82, 2.24) is 24.6 Å². The van der Waals surface area contributed by atoms with Crippen molar-refractivity contribution in [3.8, 4) is 0 Å². The van der Waals surface area contributed by atoms with Crippen LogP contribution in [0, 0.1) is 0 Å². The van der Waals surface area contributed by atoms with Crippen molar-refractivity contribution < 1.29 is 9.90 Å². The Balaban J connectivity index is 1.80. The number of nitrogens with zero attached hydrogens (tertiary/aromatic N) is 5. The lowest BCUT2D eigenvalue weighted by Crippen LogP contribution is -2.69. The zero-order chi connectivity index (χ0) is 13.6. The van der Waals surface area contributed by atoms with E-state index in [4.69, 9.17) is 0 Å². The van der Waals surface area contributed by atoms with Gasteiger partial charge in [0, 0.05) is 25.7 Å². The molecule has 2 saturated heterocycles. The lowest BCUT2D eigenvalue weighted by atomic mass is 9.82. The number of hydrogen-bond donors (Lipinski definition) is 1. The van der Waals surface area contributed by atoms with Crippen molar-refractivity contribution in [1.29, 1.82) is 0 Å². The van der Waals surface area contributed by atoms with E-state index in [1.54, 1.807) is 4.90 Å². The van der Waals surface area contributed by atoms with Gasteiger partial charge in [0.25, 0.3) is 0 Å². The van der Waals surface area contributed by atoms with E-state index in [-0.39, 0.29) is 6.03 Å². The summed E-state index contributed by atoms with van der Waals surface area (Å²) in [5.74, 6) is 0. The number of carbonyl (C=O) groups excluding carboxylic acids is 1. The number of aliphatic hydroxyl groups is 1. The largest absolute Gasteiger partial charge is 0.389 e. The van der Waals surface area contributed by atoms with Gasteiger partial charge in [-0.3, -0.25) is 4.90 Å². The third kappa shape index (κ3) is 1.76. The van der Waals surface area contributed by atoms with Crippen LogP contribution in [-0.2, 0) is 0 Å². The van der Waals surface area contributed by atoms with Crippen molar-refractivity contribution in [3.05, 3.63) is 12.7 Å². The number of likely N-dealkylation sites (tertiary alicyclic amines) is 2. The quantitative estimate of drug-likeness (QED) is 0.759. The van der Waals surface area contributed by atoms with E-state index >= 15 is 0 Å². The summed E-state index contributed by atoms with van der Waals surface area (Å²) in [6.45, 7) is 6.23. The molecular formula is C12H19N5O2. The first-order valence-corrected chi connectivity index (χ1v) is 6.63. The highest BCUT2D eigenvalue weighted by Gasteiger charge is 2.57. The molecule has 19 heavy (non-hydrogen) atoms. The van der Waals surface area contributed by atoms with Gasteiger partial charge >= 0.3 is 6.03 Å². The van der Waals surface area contributed by atoms with Gasteiger partial charge in [-0.05, 0) is 20.3 Å². The SMILES string of the molecule is CC(C)N1CC(O)C2(CCN2C(=O)n2cncn2)C1. The highest BCUT2D eigenvalue weighted by Crippen LogP contribution is 2.40. The normalized spacial score (nSPS) is 31.2. The van der Waals surface area contributed by atoms with Crippen molar-refractivity contribution in [2.45, 2.75) is 38.0 Å². The molecular weight excluding hydrogens is 246 g/mol. The second kappa shape index (κ2) is 4.28. The maximum Gasteiger partial charge on any atom is 0.346 e. The molecule has 3 heterocycles. The lowest BCUT2D eigenvalue weighted by Gasteiger charge is -2.51. The highest BCUT2D eigenvalue weighted by atomic mass is 16.3. The average Bonchev–Trinajstić information content (AvgIpc) is 2.94. The molecule has 0 saturated carbocycles. The van der Waals surface area contributed by atoms with Gasteiger partial charge in [-0.2, -0.15) is 9.78 Å². The van der Waals surface area contributed by atoms with Gasteiger partial charge in [-0.15, -0.1) is 0 Å². The van der Waals surface area contributed by atoms with E-state index in [2.05, 4.69) is 28.8 Å². The van der Waals surface area contributed by atoms with Crippen LogP contribution in [-0.4, -0.2) is 73.0 Å². The number of aliphatic hydroxyl groups excluding tert-OH is 1. The smallest absolute Gasteiger partial charge is 0.346 e. The van der Waals surface area contributed by atoms with Gasteiger partial charge < -0.3 is 10.0 Å². The van der Waals surface area contributed by atoms with Crippen molar-refractivity contribution in [3.63, 3.8) is 0 Å². The summed E-state index contributed by atoms with van der Waals surface area (Å²) in [6.07, 6.45) is 3.10. The molecule has 0 radical (unpaired) electrons. The van der Waals surface area contributed by atoms with E-state index in [0.29, 0.717) is 19.1 Å². The Morgan fingerprint density at radius 3 is 2.79 bits per heavy atom. The Labute approximate surface area is 111 Å². The molecule has 2 aliphatic heterocycles. The summed E-state index contributed by atoms with van der Waals surface area (Å²) in [5.41, 5.74) is -0.437. The first-order chi connectivity index (χ1) is 9.04. The monoisotopic (exact) mass is 265 g/mol. The summed E-state index contributed by atoms with van der Waals surface area (Å²) >= 11 is 0. The van der Waals surface area contributed by atoms with Gasteiger partial charge in [-0.1, -0.05) is 0 Å². The zero-order valence-corrected chi connectivity index (χ0v) is 11.2. The van der Waals surface area contributed by atoms with Crippen LogP contribution in [0.2, 0.25) is 0 Å². The van der Waals surface area contributed by atoms with Crippen LogP contribution in [0.25, 0.3) is 0 Å². The summed E-state index contributed by atoms with van der Waals surface area (Å²) in [7, 11) is 0. The minimum absolute atomic E-state index is 0.201. The second-order valence-corrected chi connectivity index (χ2v) is 5.67. The molecule has 0 bridgehead atoms. The van der Waals surface area contributed by atoms with Gasteiger partial charge in [0.05, 0.1) is 11.6 Å². The number of amides is 1. The van der Waals surface area contributed by atoms with Crippen molar-refractivity contribution >= 4 is 6.03 Å². The van der Waals surface area contributed by atoms with Crippen LogP contribution in [0.3, 0.4) is 0 Å². The van der Waals surface area contributed by atoms with Crippen LogP contribution in [0.5, 0.6) is 0 Å². The summed E-state index contributed by atoms with van der Waals surface area (Å²) in [4.78, 5) is 20.1. The number of carbonyl (C=O) groups is 1. The molecule has 2 unspecified atom stereocenters. The van der Waals surface area contributed by atoms with Crippen molar-refractivity contribution in [2.24, 2.45) is 0 Å². The predicted molar refractivity (Wildman–Crippen MR) is 67.6 cm³/mol. The molecule has 2 fully saturated rings. The van der Waals surface area contributed by atoms with E-state index in [9.17, 15) is 9.90 Å². The first-order valence-electron chi connectivity index (χ1n) is 6.63. The molecule has 2 aliphatic rings. The molecule has 1 spiro atoms. The van der Waals surface area contributed by atoms with Crippen LogP contribution in [0.1, 0.15) is 20.3 Å². The topological polar surface area (TPSA) is 74.5 Å². The Morgan fingerprint density at radius 1 is 1.53 bits per heavy atom. The number of β-amino-alcohol motifs (C(OH)–C–C–N with tert-alkyl or cyclic N) is 1. The molecule has 2 atom stereocenters. The summed E-state index contributed by atoms with van der Waals surface area (Å²) in [5, 5.41) is 14.2. The van der Waals surface area contributed by atoms with E-state index in [0.717, 1.165) is 13.0 Å². The van der Waals surface area contributed by atoms with Crippen LogP contribution >= 0.6 is 0 Å². The molecule has 104 valence electrons. The molecule has 0 aliphatic carbocycles. The Morgan fingerprint density at radius 2 is 2.32 bits per heavy atom. The standard InChI is InChI=1S/C12H19N5O2/c1-9(2)15-5-10(18)12(6-15)3-4-16(12)11(19)17-8-13-7-14-17/h7-10,18H,3-6H2,1-2H3. The number of hydrogen-bond acceptors (Lipinski definition) is 5. The molecule has 0 aromatic carbocycles. The Kier molecular flexibility index (Phi) is 2.83. The third-order valence-corrected chi connectivity index (χ3v) is 4.39. The lowest BCUT2D eigenvalue weighted by molar-refractivity contribution is -0.0430. The van der Waals surface area contributed by atoms with Gasteiger partial charge in [0.2, 0.25) is 0 Å². The van der Waals surface area contributed by atoms with Gasteiger partial charge in [0.1, 0.15) is 12.7 Å². The molecule has 1 amide bonds. The highest BCUT2D eigenvalue weighted by molar-refractivity contribution is 5.77. The average molecular weight is 265 g/mol. The minimum atomic E-state index is -0.490. The van der Waals surface area contributed by atoms with E-state index < -0.39 is 11.6 Å². The molecule has 1 aromatic rings. The molecule has 1 N–H and O–H groups in total. The Hall–Kier alpha value is -1.47. The van der Waals surface area contributed by atoms with Crippen LogP contribution < -0.4 is 0 Å². The minimum Gasteiger partial charge on any atom is -0.389 e. The predicted octanol–water partition coefficient (Wildman–Crippen LogP) is -0.224. The van der Waals surface area contributed by atoms with Crippen LogP contribution in [0.15, 0.2) is 12.7 Å². The Bertz CT molecular complexity index is 474. The first kappa shape index (κ1) is 12.6. The summed E-state index contributed by atoms with van der Waals surface area (Å²) < 4.78 is 1.23. The fraction of sp³-hybridized carbons (Fsp3) is 0.750. The maximum absolute atomic E-state index is 12.3. The van der Waals surface area contributed by atoms with Gasteiger partial charge in [0.15, 0.2) is 0 Å². The van der Waals surface area contributed by atoms with Crippen molar-refractivity contribution in [2.75, 3.05) is 19.6 Å². The third-order valence-electron chi connectivity index (χ3n) is 4.39.